The van der Waals surface area contributed by atoms with Gasteiger partial charge in [-0.15, -0.1) is 0 Å². The Bertz CT molecular complexity index is 922. The van der Waals surface area contributed by atoms with E-state index < -0.39 is 10.0 Å². The van der Waals surface area contributed by atoms with Gasteiger partial charge in [0.25, 0.3) is 0 Å². The van der Waals surface area contributed by atoms with Gasteiger partial charge in [0, 0.05) is 25.2 Å². The van der Waals surface area contributed by atoms with Crippen LogP contribution in [0.25, 0.3) is 0 Å². The van der Waals surface area contributed by atoms with Crippen molar-refractivity contribution in [2.24, 2.45) is 5.92 Å². The van der Waals surface area contributed by atoms with E-state index in [1.54, 1.807) is 12.1 Å². The average molecular weight is 444 g/mol. The fourth-order valence-corrected chi connectivity index (χ4v) is 4.94. The van der Waals surface area contributed by atoms with Crippen molar-refractivity contribution in [2.75, 3.05) is 31.5 Å². The van der Waals surface area contributed by atoms with Gasteiger partial charge in [-0.3, -0.25) is 4.79 Å². The molecule has 1 amide bonds. The molecule has 1 fully saturated rings. The second-order valence-corrected chi connectivity index (χ2v) is 9.96. The highest BCUT2D eigenvalue weighted by atomic mass is 32.2. The summed E-state index contributed by atoms with van der Waals surface area (Å²) in [6.07, 6.45) is 4.27. The van der Waals surface area contributed by atoms with Crippen LogP contribution in [0.3, 0.4) is 0 Å². The molecule has 2 aromatic carbocycles. The molecule has 2 aromatic rings. The SMILES string of the molecule is CCCC(=O)Nc1ccc(S(=O)(=O)NCC2CCN(CCc3ccccc3)CC2)cc1. The van der Waals surface area contributed by atoms with Gasteiger partial charge in [0.15, 0.2) is 0 Å². The Morgan fingerprint density at radius 3 is 2.35 bits per heavy atom. The topological polar surface area (TPSA) is 78.5 Å². The lowest BCUT2D eigenvalue weighted by atomic mass is 9.97. The van der Waals surface area contributed by atoms with E-state index in [9.17, 15) is 13.2 Å². The van der Waals surface area contributed by atoms with Gasteiger partial charge in [-0.25, -0.2) is 13.1 Å². The number of carbonyl (C=O) groups excluding carboxylic acids is 1. The predicted octanol–water partition coefficient (Wildman–Crippen LogP) is 3.66. The zero-order valence-corrected chi connectivity index (χ0v) is 19.0. The fourth-order valence-electron chi connectivity index (χ4n) is 3.82. The Hall–Kier alpha value is -2.22. The smallest absolute Gasteiger partial charge is 0.240 e. The molecule has 0 spiro atoms. The van der Waals surface area contributed by atoms with Crippen LogP contribution in [0.1, 0.15) is 38.2 Å². The van der Waals surface area contributed by atoms with Crippen molar-refractivity contribution in [1.29, 1.82) is 0 Å². The number of nitrogens with one attached hydrogen (secondary N) is 2. The van der Waals surface area contributed by atoms with Crippen molar-refractivity contribution in [3.63, 3.8) is 0 Å². The Morgan fingerprint density at radius 1 is 1.03 bits per heavy atom. The first kappa shape index (κ1) is 23.4. The maximum atomic E-state index is 12.6. The van der Waals surface area contributed by atoms with E-state index in [0.29, 0.717) is 24.6 Å². The highest BCUT2D eigenvalue weighted by Gasteiger charge is 2.22. The molecule has 0 radical (unpaired) electrons. The van der Waals surface area contributed by atoms with Gasteiger partial charge in [0.1, 0.15) is 0 Å². The molecule has 2 N–H and O–H groups in total. The first-order valence-electron chi connectivity index (χ1n) is 11.1. The van der Waals surface area contributed by atoms with Gasteiger partial charge in [0.05, 0.1) is 4.90 Å². The highest BCUT2D eigenvalue weighted by molar-refractivity contribution is 7.89. The summed E-state index contributed by atoms with van der Waals surface area (Å²) < 4.78 is 28.0. The minimum Gasteiger partial charge on any atom is -0.326 e. The molecule has 0 atom stereocenters. The van der Waals surface area contributed by atoms with Crippen LogP contribution in [0.5, 0.6) is 0 Å². The van der Waals surface area contributed by atoms with Gasteiger partial charge in [0.2, 0.25) is 15.9 Å². The van der Waals surface area contributed by atoms with E-state index in [1.807, 2.05) is 13.0 Å². The number of hydrogen-bond acceptors (Lipinski definition) is 4. The normalized spacial score (nSPS) is 15.6. The Kier molecular flexibility index (Phi) is 8.63. The molecule has 1 heterocycles. The number of anilines is 1. The summed E-state index contributed by atoms with van der Waals surface area (Å²) in [5.74, 6) is 0.293. The number of nitrogens with zero attached hydrogens (tertiary/aromatic N) is 1. The van der Waals surface area contributed by atoms with Gasteiger partial charge in [-0.05, 0) is 74.5 Å². The molecule has 3 rings (SSSR count). The third-order valence-electron chi connectivity index (χ3n) is 5.75. The molecule has 1 aliphatic rings. The first-order valence-corrected chi connectivity index (χ1v) is 12.6. The molecule has 168 valence electrons. The van der Waals surface area contributed by atoms with E-state index in [0.717, 1.165) is 45.3 Å². The number of rotatable bonds is 10. The second kappa shape index (κ2) is 11.4. The lowest BCUT2D eigenvalue weighted by Crippen LogP contribution is -2.39. The highest BCUT2D eigenvalue weighted by Crippen LogP contribution is 2.19. The number of piperidine rings is 1. The van der Waals surface area contributed by atoms with Crippen LogP contribution in [0, 0.1) is 5.92 Å². The third-order valence-corrected chi connectivity index (χ3v) is 7.19. The van der Waals surface area contributed by atoms with Gasteiger partial charge in [-0.2, -0.15) is 0 Å². The molecule has 0 aromatic heterocycles. The summed E-state index contributed by atoms with van der Waals surface area (Å²) in [6, 6.07) is 16.8. The predicted molar refractivity (Wildman–Crippen MR) is 124 cm³/mol. The van der Waals surface area contributed by atoms with E-state index in [4.69, 9.17) is 0 Å². The fraction of sp³-hybridized carbons (Fsp3) is 0.458. The minimum atomic E-state index is -3.55. The largest absolute Gasteiger partial charge is 0.326 e. The number of likely N-dealkylation sites (tertiary alicyclic amines) is 1. The van der Waals surface area contributed by atoms with Crippen molar-refractivity contribution in [3.8, 4) is 0 Å². The molecule has 7 heteroatoms. The maximum absolute atomic E-state index is 12.6. The van der Waals surface area contributed by atoms with Crippen molar-refractivity contribution < 1.29 is 13.2 Å². The Labute approximate surface area is 186 Å². The quantitative estimate of drug-likeness (QED) is 0.587. The molecular formula is C24H33N3O3S. The van der Waals surface area contributed by atoms with E-state index in [-0.39, 0.29) is 10.8 Å². The number of carbonyl (C=O) groups is 1. The average Bonchev–Trinajstić information content (AvgIpc) is 2.78. The molecule has 0 saturated carbocycles. The summed E-state index contributed by atoms with van der Waals surface area (Å²) in [6.45, 7) is 5.46. The van der Waals surface area contributed by atoms with Gasteiger partial charge < -0.3 is 10.2 Å². The zero-order chi connectivity index (χ0) is 22.1. The molecular weight excluding hydrogens is 410 g/mol. The number of benzene rings is 2. The standard InChI is InChI=1S/C24H33N3O3S/c1-2-6-24(28)26-22-9-11-23(12-10-22)31(29,30)25-19-21-14-17-27(18-15-21)16-13-20-7-4-3-5-8-20/h3-5,7-12,21,25H,2,6,13-19H2,1H3,(H,26,28). The molecule has 31 heavy (non-hydrogen) atoms. The number of amides is 1. The summed E-state index contributed by atoms with van der Waals surface area (Å²) in [4.78, 5) is 14.3. The van der Waals surface area contributed by atoms with Crippen LogP contribution in [0.4, 0.5) is 5.69 Å². The minimum absolute atomic E-state index is 0.0636. The molecule has 0 unspecified atom stereocenters. The molecule has 0 bridgehead atoms. The number of hydrogen-bond donors (Lipinski definition) is 2. The Morgan fingerprint density at radius 2 is 1.71 bits per heavy atom. The van der Waals surface area contributed by atoms with Crippen molar-refractivity contribution in [3.05, 3.63) is 60.2 Å². The van der Waals surface area contributed by atoms with Crippen LogP contribution in [-0.2, 0) is 21.2 Å². The van der Waals surface area contributed by atoms with Crippen LogP contribution in [-0.4, -0.2) is 45.4 Å². The summed E-state index contributed by atoms with van der Waals surface area (Å²) in [5, 5.41) is 2.77. The van der Waals surface area contributed by atoms with E-state index in [1.165, 1.54) is 17.7 Å². The summed E-state index contributed by atoms with van der Waals surface area (Å²) >= 11 is 0. The monoisotopic (exact) mass is 443 g/mol. The van der Waals surface area contributed by atoms with Crippen LogP contribution in [0.15, 0.2) is 59.5 Å². The molecule has 1 aliphatic heterocycles. The van der Waals surface area contributed by atoms with Crippen molar-refractivity contribution >= 4 is 21.6 Å². The molecule has 0 aliphatic carbocycles. The van der Waals surface area contributed by atoms with Crippen LogP contribution >= 0.6 is 0 Å². The first-order chi connectivity index (χ1) is 15.0. The lowest BCUT2D eigenvalue weighted by Gasteiger charge is -2.32. The van der Waals surface area contributed by atoms with Crippen LogP contribution in [0.2, 0.25) is 0 Å². The van der Waals surface area contributed by atoms with Crippen molar-refractivity contribution in [2.45, 2.75) is 43.9 Å². The van der Waals surface area contributed by atoms with Gasteiger partial charge in [-0.1, -0.05) is 37.3 Å². The van der Waals surface area contributed by atoms with Gasteiger partial charge >= 0.3 is 0 Å². The number of sulfonamides is 1. The van der Waals surface area contributed by atoms with E-state index >= 15 is 0 Å². The van der Waals surface area contributed by atoms with Crippen molar-refractivity contribution in [1.82, 2.24) is 9.62 Å². The zero-order valence-electron chi connectivity index (χ0n) is 18.2. The molecule has 6 nitrogen and oxygen atoms in total. The molecule has 1 saturated heterocycles. The summed E-state index contributed by atoms with van der Waals surface area (Å²) in [7, 11) is -3.55. The van der Waals surface area contributed by atoms with E-state index in [2.05, 4.69) is 39.2 Å². The second-order valence-electron chi connectivity index (χ2n) is 8.20. The lowest BCUT2D eigenvalue weighted by molar-refractivity contribution is -0.116. The van der Waals surface area contributed by atoms with Crippen LogP contribution < -0.4 is 10.0 Å². The summed E-state index contributed by atoms with van der Waals surface area (Å²) in [5.41, 5.74) is 1.97. The third kappa shape index (κ3) is 7.45. The maximum Gasteiger partial charge on any atom is 0.240 e. The Balaban J connectivity index is 1.41.